The predicted molar refractivity (Wildman–Crippen MR) is 192 cm³/mol. The highest BCUT2D eigenvalue weighted by atomic mass is 32.1. The molecule has 0 atom stereocenters. The highest BCUT2D eigenvalue weighted by Gasteiger charge is 2.19. The second-order valence-corrected chi connectivity index (χ2v) is 12.7. The summed E-state index contributed by atoms with van der Waals surface area (Å²) in [5.41, 5.74) is 10.3. The Labute approximate surface area is 263 Å². The van der Waals surface area contributed by atoms with Crippen molar-refractivity contribution >= 4 is 75.3 Å². The van der Waals surface area contributed by atoms with Crippen LogP contribution in [0, 0.1) is 0 Å². The van der Waals surface area contributed by atoms with Crippen molar-refractivity contribution in [2.24, 2.45) is 0 Å². The molecule has 0 aliphatic rings. The molecule has 0 aliphatic heterocycles. The Morgan fingerprint density at radius 1 is 0.444 bits per heavy atom. The molecule has 0 unspecified atom stereocenters. The lowest BCUT2D eigenvalue weighted by molar-refractivity contribution is 0.669. The van der Waals surface area contributed by atoms with E-state index in [1.807, 2.05) is 23.5 Å². The number of fused-ring (bicyclic) bond motifs is 9. The third-order valence-electron chi connectivity index (χ3n) is 9.21. The van der Waals surface area contributed by atoms with Crippen molar-refractivity contribution in [3.8, 4) is 27.9 Å². The van der Waals surface area contributed by atoms with Crippen LogP contribution in [0.3, 0.4) is 0 Å². The number of rotatable bonds is 3. The molecule has 10 aromatic rings. The van der Waals surface area contributed by atoms with Gasteiger partial charge < -0.3 is 8.98 Å². The van der Waals surface area contributed by atoms with Crippen molar-refractivity contribution in [1.82, 2.24) is 4.57 Å². The predicted octanol–water partition coefficient (Wildman–Crippen LogP) is 12.4. The molecule has 0 aliphatic carbocycles. The largest absolute Gasteiger partial charge is 0.456 e. The van der Waals surface area contributed by atoms with Gasteiger partial charge in [-0.05, 0) is 64.7 Å². The third-order valence-corrected chi connectivity index (χ3v) is 10.4. The van der Waals surface area contributed by atoms with Gasteiger partial charge in [-0.3, -0.25) is 0 Å². The van der Waals surface area contributed by atoms with Crippen LogP contribution in [0.15, 0.2) is 156 Å². The summed E-state index contributed by atoms with van der Waals surface area (Å²) in [6.07, 6.45) is 0. The Balaban J connectivity index is 1.24. The molecule has 0 saturated carbocycles. The van der Waals surface area contributed by atoms with E-state index in [1.54, 1.807) is 0 Å². The minimum Gasteiger partial charge on any atom is -0.456 e. The van der Waals surface area contributed by atoms with E-state index in [-0.39, 0.29) is 0 Å². The molecule has 2 nitrogen and oxygen atoms in total. The zero-order chi connectivity index (χ0) is 29.5. The smallest absolute Gasteiger partial charge is 0.136 e. The number of nitrogens with zero attached hydrogens (tertiary/aromatic N) is 1. The summed E-state index contributed by atoms with van der Waals surface area (Å²) in [7, 11) is 0. The van der Waals surface area contributed by atoms with E-state index >= 15 is 0 Å². The number of para-hydroxylation sites is 2. The van der Waals surface area contributed by atoms with Gasteiger partial charge in [-0.2, -0.15) is 0 Å². The second-order valence-electron chi connectivity index (χ2n) is 11.7. The fourth-order valence-electron chi connectivity index (χ4n) is 7.18. The Kier molecular flexibility index (Phi) is 5.19. The van der Waals surface area contributed by atoms with Crippen LogP contribution in [0.5, 0.6) is 0 Å². The maximum absolute atomic E-state index is 6.29. The van der Waals surface area contributed by atoms with Gasteiger partial charge in [0.1, 0.15) is 11.2 Å². The van der Waals surface area contributed by atoms with Crippen LogP contribution in [-0.2, 0) is 0 Å². The van der Waals surface area contributed by atoms with E-state index in [1.165, 1.54) is 69.9 Å². The summed E-state index contributed by atoms with van der Waals surface area (Å²) < 4.78 is 11.3. The number of furan rings is 1. The van der Waals surface area contributed by atoms with Gasteiger partial charge in [0.05, 0.1) is 21.4 Å². The first-order valence-electron chi connectivity index (χ1n) is 15.3. The number of thiophene rings is 1. The molecule has 3 aromatic heterocycles. The summed E-state index contributed by atoms with van der Waals surface area (Å²) in [5.74, 6) is 0. The van der Waals surface area contributed by atoms with E-state index < -0.39 is 0 Å². The Morgan fingerprint density at radius 2 is 1.16 bits per heavy atom. The van der Waals surface area contributed by atoms with Gasteiger partial charge in [-0.25, -0.2) is 0 Å². The van der Waals surface area contributed by atoms with E-state index in [9.17, 15) is 0 Å². The van der Waals surface area contributed by atoms with Crippen LogP contribution >= 0.6 is 11.3 Å². The van der Waals surface area contributed by atoms with E-state index in [4.69, 9.17) is 4.42 Å². The first-order valence-corrected chi connectivity index (χ1v) is 16.1. The zero-order valence-corrected chi connectivity index (χ0v) is 25.0. The topological polar surface area (TPSA) is 18.1 Å². The third kappa shape index (κ3) is 3.62. The average Bonchev–Trinajstić information content (AvgIpc) is 3.77. The lowest BCUT2D eigenvalue weighted by Gasteiger charge is -2.11. The Bertz CT molecular complexity index is 2760. The molecule has 10 rings (SSSR count). The lowest BCUT2D eigenvalue weighted by atomic mass is 9.98. The van der Waals surface area contributed by atoms with E-state index in [0.29, 0.717) is 0 Å². The summed E-state index contributed by atoms with van der Waals surface area (Å²) in [6.45, 7) is 0. The zero-order valence-electron chi connectivity index (χ0n) is 24.2. The van der Waals surface area contributed by atoms with Crippen molar-refractivity contribution in [3.63, 3.8) is 0 Å². The number of hydrogen-bond acceptors (Lipinski definition) is 2. The molecule has 0 N–H and O–H groups in total. The van der Waals surface area contributed by atoms with Gasteiger partial charge in [-0.1, -0.05) is 109 Å². The molecule has 3 heteroatoms. The van der Waals surface area contributed by atoms with Gasteiger partial charge >= 0.3 is 0 Å². The number of hydrogen-bond donors (Lipinski definition) is 0. The average molecular weight is 592 g/mol. The van der Waals surface area contributed by atoms with Gasteiger partial charge in [0, 0.05) is 37.0 Å². The van der Waals surface area contributed by atoms with Crippen molar-refractivity contribution in [2.45, 2.75) is 0 Å². The first-order chi connectivity index (χ1) is 22.3. The number of aromatic nitrogens is 1. The molecule has 3 heterocycles. The highest BCUT2D eigenvalue weighted by molar-refractivity contribution is 7.26. The molecule has 0 fully saturated rings. The second kappa shape index (κ2) is 9.43. The summed E-state index contributed by atoms with van der Waals surface area (Å²) >= 11 is 1.88. The van der Waals surface area contributed by atoms with Crippen molar-refractivity contribution < 1.29 is 4.42 Å². The summed E-state index contributed by atoms with van der Waals surface area (Å²) in [4.78, 5) is 0. The fraction of sp³-hybridized carbons (Fsp3) is 0. The molecule has 0 amide bonds. The highest BCUT2D eigenvalue weighted by Crippen LogP contribution is 2.45. The van der Waals surface area contributed by atoms with Crippen LogP contribution < -0.4 is 0 Å². The van der Waals surface area contributed by atoms with E-state index in [0.717, 1.165) is 21.9 Å². The molecule has 45 heavy (non-hydrogen) atoms. The SMILES string of the molecule is c1ccc(-c2ccc3c4ccccc4n(-c4cccc5c4sc4cccc(-c6ccc7c(c6)oc6ccccc67)c45)c3c2)cc1. The van der Waals surface area contributed by atoms with Crippen molar-refractivity contribution in [1.29, 1.82) is 0 Å². The quantitative estimate of drug-likeness (QED) is 0.200. The molecule has 0 bridgehead atoms. The van der Waals surface area contributed by atoms with Gasteiger partial charge in [0.25, 0.3) is 0 Å². The van der Waals surface area contributed by atoms with Gasteiger partial charge in [0.15, 0.2) is 0 Å². The minimum atomic E-state index is 0.922. The molecular formula is C42H25NOS. The number of benzene rings is 7. The summed E-state index contributed by atoms with van der Waals surface area (Å²) in [5, 5.41) is 7.41. The molecule has 0 spiro atoms. The van der Waals surface area contributed by atoms with Crippen LogP contribution in [0.2, 0.25) is 0 Å². The Morgan fingerprint density at radius 3 is 2.09 bits per heavy atom. The van der Waals surface area contributed by atoms with Crippen LogP contribution in [-0.4, -0.2) is 4.57 Å². The minimum absolute atomic E-state index is 0.922. The van der Waals surface area contributed by atoms with Crippen LogP contribution in [0.1, 0.15) is 0 Å². The van der Waals surface area contributed by atoms with Gasteiger partial charge in [-0.15, -0.1) is 11.3 Å². The monoisotopic (exact) mass is 591 g/mol. The Hall–Kier alpha value is -5.64. The first kappa shape index (κ1) is 24.8. The van der Waals surface area contributed by atoms with Crippen LogP contribution in [0.25, 0.3) is 91.9 Å². The van der Waals surface area contributed by atoms with Crippen LogP contribution in [0.4, 0.5) is 0 Å². The standard InChI is InChI=1S/C42H25NOS/c1-2-10-26(11-3-1)27-20-22-31-30-12-4-6-16-35(30)43(37(31)24-27)36-17-8-15-34-41-29(14-9-19-40(41)45-42(34)36)28-21-23-33-32-13-5-7-18-38(32)44-39(33)25-28/h1-25H. The molecular weight excluding hydrogens is 567 g/mol. The van der Waals surface area contributed by atoms with Crippen molar-refractivity contribution in [3.05, 3.63) is 152 Å². The van der Waals surface area contributed by atoms with Gasteiger partial charge in [0.2, 0.25) is 0 Å². The lowest BCUT2D eigenvalue weighted by Crippen LogP contribution is -1.94. The van der Waals surface area contributed by atoms with E-state index in [2.05, 4.69) is 144 Å². The molecule has 0 radical (unpaired) electrons. The van der Waals surface area contributed by atoms with Crippen molar-refractivity contribution in [2.75, 3.05) is 0 Å². The fourth-order valence-corrected chi connectivity index (χ4v) is 8.42. The molecule has 210 valence electrons. The maximum atomic E-state index is 6.29. The summed E-state index contributed by atoms with van der Waals surface area (Å²) in [6, 6.07) is 54.7. The molecule has 7 aromatic carbocycles. The normalized spacial score (nSPS) is 12.0. The maximum Gasteiger partial charge on any atom is 0.136 e. The molecule has 0 saturated heterocycles.